The number of carbonyl (C=O) groups excluding carboxylic acids is 1. The third-order valence-corrected chi connectivity index (χ3v) is 9.08. The minimum atomic E-state index is -0.0245. The van der Waals surface area contributed by atoms with Gasteiger partial charge in [0.15, 0.2) is 0 Å². The molecule has 0 aliphatic carbocycles. The number of benzene rings is 2. The van der Waals surface area contributed by atoms with Crippen molar-refractivity contribution in [3.63, 3.8) is 0 Å². The van der Waals surface area contributed by atoms with Crippen LogP contribution in [0.5, 0.6) is 0 Å². The number of pyridine rings is 1. The van der Waals surface area contributed by atoms with Crippen LogP contribution < -0.4 is 20.0 Å². The number of likely N-dealkylation sites (tertiary alicyclic amines) is 1. The third-order valence-electron chi connectivity index (χ3n) is 9.08. The van der Waals surface area contributed by atoms with Crippen LogP contribution in [-0.4, -0.2) is 78.2 Å². The van der Waals surface area contributed by atoms with E-state index in [1.165, 1.54) is 29.9 Å². The van der Waals surface area contributed by atoms with Crippen molar-refractivity contribution in [2.24, 2.45) is 0 Å². The molecular weight excluding hydrogens is 524 g/mol. The molecular formula is C33H38N8O. The summed E-state index contributed by atoms with van der Waals surface area (Å²) in [4.78, 5) is 35.7. The SMILES string of the molecule is O=C(Nc1ccc(N2CCCC2)cc1)N1CCC(c2ncnc3cc(N4CCN(c5ccncc5)CC4)ccc23)CC1. The van der Waals surface area contributed by atoms with Gasteiger partial charge in [0.05, 0.1) is 11.2 Å². The molecule has 3 aliphatic rings. The lowest BCUT2D eigenvalue weighted by Crippen LogP contribution is -2.46. The molecule has 0 saturated carbocycles. The number of aromatic nitrogens is 3. The highest BCUT2D eigenvalue weighted by atomic mass is 16.2. The lowest BCUT2D eigenvalue weighted by molar-refractivity contribution is 0.194. The molecule has 5 heterocycles. The number of piperidine rings is 1. The first kappa shape index (κ1) is 26.5. The van der Waals surface area contributed by atoms with E-state index in [1.807, 2.05) is 29.4 Å². The molecule has 0 radical (unpaired) electrons. The molecule has 3 aliphatic heterocycles. The van der Waals surface area contributed by atoms with Crippen molar-refractivity contribution in [3.05, 3.63) is 79.0 Å². The maximum absolute atomic E-state index is 13.0. The fourth-order valence-corrected chi connectivity index (χ4v) is 6.66. The summed E-state index contributed by atoms with van der Waals surface area (Å²) in [5.74, 6) is 0.314. The van der Waals surface area contributed by atoms with Crippen molar-refractivity contribution >= 4 is 39.7 Å². The fraction of sp³-hybridized carbons (Fsp3) is 0.394. The van der Waals surface area contributed by atoms with Crippen molar-refractivity contribution in [2.45, 2.75) is 31.6 Å². The highest BCUT2D eigenvalue weighted by Gasteiger charge is 2.27. The van der Waals surface area contributed by atoms with Crippen LogP contribution in [0.3, 0.4) is 0 Å². The Kier molecular flexibility index (Phi) is 7.47. The van der Waals surface area contributed by atoms with Gasteiger partial charge >= 0.3 is 6.03 Å². The largest absolute Gasteiger partial charge is 0.372 e. The lowest BCUT2D eigenvalue weighted by Gasteiger charge is -2.37. The molecule has 4 aromatic rings. The van der Waals surface area contributed by atoms with Crippen LogP contribution in [-0.2, 0) is 0 Å². The van der Waals surface area contributed by atoms with Crippen molar-refractivity contribution in [1.29, 1.82) is 0 Å². The number of nitrogens with zero attached hydrogens (tertiary/aromatic N) is 7. The molecule has 0 atom stereocenters. The molecule has 1 N–H and O–H groups in total. The smallest absolute Gasteiger partial charge is 0.321 e. The molecule has 3 saturated heterocycles. The van der Waals surface area contributed by atoms with Crippen molar-refractivity contribution in [1.82, 2.24) is 19.9 Å². The molecule has 9 heteroatoms. The molecule has 2 aromatic carbocycles. The number of piperazine rings is 1. The second-order valence-electron chi connectivity index (χ2n) is 11.6. The van der Waals surface area contributed by atoms with E-state index in [0.29, 0.717) is 19.0 Å². The number of fused-ring (bicyclic) bond motifs is 1. The zero-order valence-electron chi connectivity index (χ0n) is 24.0. The summed E-state index contributed by atoms with van der Waals surface area (Å²) in [6.45, 7) is 7.56. The van der Waals surface area contributed by atoms with Gasteiger partial charge in [0.25, 0.3) is 0 Å². The molecule has 0 spiro atoms. The second kappa shape index (κ2) is 11.8. The van der Waals surface area contributed by atoms with E-state index in [1.54, 1.807) is 6.33 Å². The van der Waals surface area contributed by atoms with Gasteiger partial charge in [0.1, 0.15) is 6.33 Å². The van der Waals surface area contributed by atoms with Gasteiger partial charge in [0.2, 0.25) is 0 Å². The molecule has 7 rings (SSSR count). The number of rotatable bonds is 5. The predicted octanol–water partition coefficient (Wildman–Crippen LogP) is 5.36. The van der Waals surface area contributed by atoms with Crippen LogP contribution >= 0.6 is 0 Å². The van der Waals surface area contributed by atoms with Crippen LogP contribution in [0, 0.1) is 0 Å². The first-order valence-electron chi connectivity index (χ1n) is 15.3. The maximum atomic E-state index is 13.0. The van der Waals surface area contributed by atoms with Gasteiger partial charge in [-0.3, -0.25) is 4.98 Å². The van der Waals surface area contributed by atoms with E-state index >= 15 is 0 Å². The van der Waals surface area contributed by atoms with Crippen LogP contribution in [0.4, 0.5) is 27.5 Å². The maximum Gasteiger partial charge on any atom is 0.321 e. The summed E-state index contributed by atoms with van der Waals surface area (Å²) in [5.41, 5.74) is 6.62. The number of amides is 2. The Labute approximate surface area is 247 Å². The van der Waals surface area contributed by atoms with Gasteiger partial charge in [-0.1, -0.05) is 0 Å². The fourth-order valence-electron chi connectivity index (χ4n) is 6.66. The molecule has 0 unspecified atom stereocenters. The zero-order valence-corrected chi connectivity index (χ0v) is 24.0. The Bertz CT molecular complexity index is 1510. The number of hydrogen-bond donors (Lipinski definition) is 1. The number of urea groups is 1. The third kappa shape index (κ3) is 5.55. The summed E-state index contributed by atoms with van der Waals surface area (Å²) in [5, 5.41) is 4.22. The Morgan fingerprint density at radius 2 is 1.31 bits per heavy atom. The topological polar surface area (TPSA) is 80.7 Å². The van der Waals surface area contributed by atoms with Gasteiger partial charge in [0, 0.05) is 98.8 Å². The summed E-state index contributed by atoms with van der Waals surface area (Å²) >= 11 is 0. The van der Waals surface area contributed by atoms with Crippen LogP contribution in [0.25, 0.3) is 10.9 Å². The lowest BCUT2D eigenvalue weighted by atomic mass is 9.91. The van der Waals surface area contributed by atoms with Gasteiger partial charge < -0.3 is 24.9 Å². The average molecular weight is 563 g/mol. The van der Waals surface area contributed by atoms with Crippen molar-refractivity contribution < 1.29 is 4.79 Å². The molecule has 2 amide bonds. The highest BCUT2D eigenvalue weighted by Crippen LogP contribution is 2.33. The number of carbonyl (C=O) groups is 1. The minimum Gasteiger partial charge on any atom is -0.372 e. The first-order chi connectivity index (χ1) is 20.7. The van der Waals surface area contributed by atoms with Crippen LogP contribution in [0.2, 0.25) is 0 Å². The molecule has 0 bridgehead atoms. The number of nitrogens with one attached hydrogen (secondary N) is 1. The Morgan fingerprint density at radius 3 is 2.02 bits per heavy atom. The molecule has 9 nitrogen and oxygen atoms in total. The van der Waals surface area contributed by atoms with E-state index < -0.39 is 0 Å². The normalized spacial score (nSPS) is 18.1. The first-order valence-corrected chi connectivity index (χ1v) is 15.3. The molecule has 42 heavy (non-hydrogen) atoms. The summed E-state index contributed by atoms with van der Waals surface area (Å²) < 4.78 is 0. The quantitative estimate of drug-likeness (QED) is 0.351. The van der Waals surface area contributed by atoms with E-state index in [2.05, 4.69) is 72.4 Å². The predicted molar refractivity (Wildman–Crippen MR) is 169 cm³/mol. The average Bonchev–Trinajstić information content (AvgIpc) is 3.60. The highest BCUT2D eigenvalue weighted by molar-refractivity contribution is 5.90. The molecule has 2 aromatic heterocycles. The van der Waals surface area contributed by atoms with E-state index in [9.17, 15) is 4.79 Å². The molecule has 216 valence electrons. The summed E-state index contributed by atoms with van der Waals surface area (Å²) in [6, 6.07) is 19.0. The van der Waals surface area contributed by atoms with Crippen LogP contribution in [0.15, 0.2) is 73.3 Å². The van der Waals surface area contributed by atoms with E-state index in [4.69, 9.17) is 4.98 Å². The summed E-state index contributed by atoms with van der Waals surface area (Å²) in [7, 11) is 0. The minimum absolute atomic E-state index is 0.0245. The monoisotopic (exact) mass is 562 g/mol. The van der Waals surface area contributed by atoms with Crippen LogP contribution in [0.1, 0.15) is 37.3 Å². The Hall–Kier alpha value is -4.40. The number of anilines is 4. The van der Waals surface area contributed by atoms with E-state index in [0.717, 1.165) is 74.4 Å². The number of hydrogen-bond acceptors (Lipinski definition) is 7. The second-order valence-corrected chi connectivity index (χ2v) is 11.6. The van der Waals surface area contributed by atoms with Gasteiger partial charge in [-0.25, -0.2) is 14.8 Å². The molecule has 3 fully saturated rings. The van der Waals surface area contributed by atoms with Gasteiger partial charge in [-0.15, -0.1) is 0 Å². The van der Waals surface area contributed by atoms with E-state index in [-0.39, 0.29) is 6.03 Å². The standard InChI is InChI=1S/C33H38N8O/c42-33(37-26-3-5-27(6-4-26)38-15-1-2-16-38)41-17-11-25(12-18-41)32-30-8-7-29(23-31(30)35-24-36-32)40-21-19-39(20-22-40)28-9-13-34-14-10-28/h3-10,13-14,23-25H,1-2,11-12,15-22H2,(H,37,42). The Balaban J connectivity index is 0.958. The van der Waals surface area contributed by atoms with Gasteiger partial charge in [-0.2, -0.15) is 0 Å². The summed E-state index contributed by atoms with van der Waals surface area (Å²) in [6.07, 6.45) is 9.72. The zero-order chi connectivity index (χ0) is 28.3. The Morgan fingerprint density at radius 1 is 0.690 bits per heavy atom. The van der Waals surface area contributed by atoms with Crippen molar-refractivity contribution in [2.75, 3.05) is 72.4 Å². The van der Waals surface area contributed by atoms with Crippen molar-refractivity contribution in [3.8, 4) is 0 Å². The van der Waals surface area contributed by atoms with Gasteiger partial charge in [-0.05, 0) is 80.3 Å².